The summed E-state index contributed by atoms with van der Waals surface area (Å²) in [4.78, 5) is 11.9. The van der Waals surface area contributed by atoms with Crippen molar-refractivity contribution in [2.75, 3.05) is 6.61 Å². The Morgan fingerprint density at radius 1 is 1.00 bits per heavy atom. The molecule has 5 nitrogen and oxygen atoms in total. The number of hydrazone groups is 1. The molecule has 0 atom stereocenters. The normalized spacial score (nSPS) is 11.2. The zero-order valence-corrected chi connectivity index (χ0v) is 17.3. The number of nitrogens with one attached hydrogen (secondary N) is 1. The molecule has 0 fully saturated rings. The van der Waals surface area contributed by atoms with E-state index >= 15 is 0 Å². The van der Waals surface area contributed by atoms with Crippen LogP contribution < -0.4 is 14.9 Å². The maximum atomic E-state index is 13.5. The second-order valence-corrected chi connectivity index (χ2v) is 6.97. The predicted octanol–water partition coefficient (Wildman–Crippen LogP) is 5.12. The van der Waals surface area contributed by atoms with Gasteiger partial charge in [0.05, 0.1) is 5.71 Å². The van der Waals surface area contributed by atoms with E-state index in [1.54, 1.807) is 31.2 Å². The van der Waals surface area contributed by atoms with E-state index in [-0.39, 0.29) is 5.75 Å². The molecule has 3 rings (SSSR count). The van der Waals surface area contributed by atoms with Gasteiger partial charge >= 0.3 is 0 Å². The Morgan fingerprint density at radius 3 is 2.39 bits per heavy atom. The summed E-state index contributed by atoms with van der Waals surface area (Å²) < 4.78 is 37.1. The molecule has 0 unspecified atom stereocenters. The number of rotatable bonds is 8. The topological polar surface area (TPSA) is 59.9 Å². The van der Waals surface area contributed by atoms with Gasteiger partial charge in [0.15, 0.2) is 18.2 Å². The molecule has 0 aromatic heterocycles. The highest BCUT2D eigenvalue weighted by Gasteiger charge is 2.08. The van der Waals surface area contributed by atoms with Crippen LogP contribution in [0.3, 0.4) is 0 Å². The van der Waals surface area contributed by atoms with E-state index in [1.165, 1.54) is 0 Å². The van der Waals surface area contributed by atoms with Crippen molar-refractivity contribution in [3.05, 3.63) is 94.5 Å². The number of carbonyl (C=O) groups excluding carboxylic acids is 1. The molecule has 1 N–H and O–H groups in total. The Hall–Kier alpha value is -3.45. The quantitative estimate of drug-likeness (QED) is 0.387. The van der Waals surface area contributed by atoms with E-state index in [2.05, 4.69) is 10.5 Å². The lowest BCUT2D eigenvalue weighted by atomic mass is 10.1. The van der Waals surface area contributed by atoms with Crippen LogP contribution in [-0.2, 0) is 11.4 Å². The number of nitrogens with zero attached hydrogens (tertiary/aromatic N) is 1. The van der Waals surface area contributed by atoms with Gasteiger partial charge in [-0.3, -0.25) is 4.79 Å². The van der Waals surface area contributed by atoms with Gasteiger partial charge in [-0.25, -0.2) is 14.2 Å². The highest BCUT2D eigenvalue weighted by atomic mass is 35.5. The monoisotopic (exact) mass is 444 g/mol. The van der Waals surface area contributed by atoms with E-state index < -0.39 is 24.1 Å². The summed E-state index contributed by atoms with van der Waals surface area (Å²) in [6.07, 6.45) is 0. The average Bonchev–Trinajstić information content (AvgIpc) is 2.77. The second-order valence-electron chi connectivity index (χ2n) is 6.54. The summed E-state index contributed by atoms with van der Waals surface area (Å²) in [6.45, 7) is 1.68. The number of amides is 1. The third-order valence-electron chi connectivity index (χ3n) is 4.19. The van der Waals surface area contributed by atoms with E-state index in [0.29, 0.717) is 29.2 Å². The van der Waals surface area contributed by atoms with Crippen LogP contribution >= 0.6 is 11.6 Å². The summed E-state index contributed by atoms with van der Waals surface area (Å²) in [5, 5.41) is 4.68. The van der Waals surface area contributed by atoms with Gasteiger partial charge in [-0.1, -0.05) is 23.7 Å². The highest BCUT2D eigenvalue weighted by Crippen LogP contribution is 2.18. The zero-order chi connectivity index (χ0) is 22.2. The molecule has 0 aliphatic rings. The van der Waals surface area contributed by atoms with Crippen LogP contribution in [0.1, 0.15) is 18.1 Å². The maximum Gasteiger partial charge on any atom is 0.277 e. The van der Waals surface area contributed by atoms with Crippen molar-refractivity contribution in [3.8, 4) is 11.5 Å². The van der Waals surface area contributed by atoms with Gasteiger partial charge in [0.1, 0.15) is 18.2 Å². The predicted molar refractivity (Wildman–Crippen MR) is 114 cm³/mol. The van der Waals surface area contributed by atoms with Crippen LogP contribution in [0.25, 0.3) is 0 Å². The van der Waals surface area contributed by atoms with Crippen LogP contribution in [0.5, 0.6) is 11.5 Å². The summed E-state index contributed by atoms with van der Waals surface area (Å²) in [6, 6.07) is 17.5. The van der Waals surface area contributed by atoms with Gasteiger partial charge in [-0.15, -0.1) is 0 Å². The van der Waals surface area contributed by atoms with Gasteiger partial charge in [0, 0.05) is 11.1 Å². The minimum atomic E-state index is -0.883. The maximum absolute atomic E-state index is 13.5. The van der Waals surface area contributed by atoms with Gasteiger partial charge < -0.3 is 9.47 Å². The fourth-order valence-corrected chi connectivity index (χ4v) is 2.64. The molecular formula is C23H19ClF2N2O3. The number of benzene rings is 3. The number of hydrogen-bond donors (Lipinski definition) is 1. The minimum Gasteiger partial charge on any atom is -0.489 e. The molecule has 160 valence electrons. The van der Waals surface area contributed by atoms with Crippen LogP contribution in [0, 0.1) is 11.6 Å². The summed E-state index contributed by atoms with van der Waals surface area (Å²) in [7, 11) is 0. The lowest BCUT2D eigenvalue weighted by Crippen LogP contribution is -2.25. The highest BCUT2D eigenvalue weighted by molar-refractivity contribution is 6.30. The molecule has 3 aromatic rings. The van der Waals surface area contributed by atoms with Crippen molar-refractivity contribution in [3.63, 3.8) is 0 Å². The van der Waals surface area contributed by atoms with E-state index in [1.807, 2.05) is 24.3 Å². The molecule has 1 amide bonds. The van der Waals surface area contributed by atoms with Crippen molar-refractivity contribution in [2.24, 2.45) is 5.10 Å². The average molecular weight is 445 g/mol. The Balaban J connectivity index is 1.48. The summed E-state index contributed by atoms with van der Waals surface area (Å²) >= 11 is 5.87. The van der Waals surface area contributed by atoms with Gasteiger partial charge in [-0.2, -0.15) is 5.10 Å². The lowest BCUT2D eigenvalue weighted by Gasteiger charge is -2.08. The molecule has 0 heterocycles. The largest absolute Gasteiger partial charge is 0.489 e. The first-order chi connectivity index (χ1) is 14.9. The molecule has 0 aliphatic carbocycles. The van der Waals surface area contributed by atoms with Gasteiger partial charge in [0.2, 0.25) is 0 Å². The molecule has 0 bridgehead atoms. The van der Waals surface area contributed by atoms with Crippen LogP contribution in [-0.4, -0.2) is 18.2 Å². The third-order valence-corrected chi connectivity index (χ3v) is 4.44. The van der Waals surface area contributed by atoms with Crippen molar-refractivity contribution < 1.29 is 23.0 Å². The van der Waals surface area contributed by atoms with Crippen LogP contribution in [0.15, 0.2) is 71.8 Å². The molecule has 31 heavy (non-hydrogen) atoms. The summed E-state index contributed by atoms with van der Waals surface area (Å²) in [5.74, 6) is -1.72. The number of carbonyl (C=O) groups is 1. The molecule has 3 aromatic carbocycles. The SMILES string of the molecule is CC(=NNC(=O)COc1ccc(F)cc1F)c1ccc(OCc2ccc(Cl)cc2)cc1. The molecule has 0 aliphatic heterocycles. The standard InChI is InChI=1S/C23H19ClF2N2O3/c1-15(27-28-23(29)14-31-22-11-8-19(25)12-21(22)26)17-4-9-20(10-5-17)30-13-16-2-6-18(24)7-3-16/h2-12H,13-14H2,1H3,(H,28,29). The van der Waals surface area contributed by atoms with Crippen LogP contribution in [0.4, 0.5) is 8.78 Å². The first-order valence-electron chi connectivity index (χ1n) is 9.29. The number of hydrogen-bond acceptors (Lipinski definition) is 4. The number of ether oxygens (including phenoxy) is 2. The van der Waals surface area contributed by atoms with Gasteiger partial charge in [0.25, 0.3) is 5.91 Å². The third kappa shape index (κ3) is 6.79. The Morgan fingerprint density at radius 2 is 1.71 bits per heavy atom. The lowest BCUT2D eigenvalue weighted by molar-refractivity contribution is -0.123. The molecule has 0 spiro atoms. The molecule has 0 saturated carbocycles. The van der Waals surface area contributed by atoms with Crippen molar-refractivity contribution in [1.29, 1.82) is 0 Å². The first-order valence-corrected chi connectivity index (χ1v) is 9.67. The zero-order valence-electron chi connectivity index (χ0n) is 16.6. The molecule has 8 heteroatoms. The smallest absolute Gasteiger partial charge is 0.277 e. The fraction of sp³-hybridized carbons (Fsp3) is 0.130. The van der Waals surface area contributed by atoms with Crippen molar-refractivity contribution >= 4 is 23.2 Å². The fourth-order valence-electron chi connectivity index (χ4n) is 2.52. The Bertz CT molecular complexity index is 1070. The second kappa shape index (κ2) is 10.5. The molecular weight excluding hydrogens is 426 g/mol. The van der Waals surface area contributed by atoms with E-state index in [0.717, 1.165) is 23.3 Å². The van der Waals surface area contributed by atoms with Crippen molar-refractivity contribution in [1.82, 2.24) is 5.43 Å². The van der Waals surface area contributed by atoms with Crippen molar-refractivity contribution in [2.45, 2.75) is 13.5 Å². The Kier molecular flexibility index (Phi) is 7.56. The molecule has 0 saturated heterocycles. The van der Waals surface area contributed by atoms with Gasteiger partial charge in [-0.05, 0) is 66.6 Å². The molecule has 0 radical (unpaired) electrons. The summed E-state index contributed by atoms with van der Waals surface area (Å²) in [5.41, 5.74) is 4.67. The first kappa shape index (κ1) is 22.2. The van der Waals surface area contributed by atoms with E-state index in [9.17, 15) is 13.6 Å². The Labute approximate surface area is 183 Å². The van der Waals surface area contributed by atoms with Crippen LogP contribution in [0.2, 0.25) is 5.02 Å². The van der Waals surface area contributed by atoms with E-state index in [4.69, 9.17) is 21.1 Å². The minimum absolute atomic E-state index is 0.216. The number of halogens is 3.